The average molecular weight is 299 g/mol. The predicted octanol–water partition coefficient (Wildman–Crippen LogP) is 3.46. The standard InChI is InChI=1S/C14H19ClN2OS/c1-9(14(18)17-11-4-2-3-5-11)19-13-8-10(15)6-7-12(13)16/h6-9,11H,2-5,16H2,1H3,(H,17,18). The molecule has 0 radical (unpaired) electrons. The van der Waals surface area contributed by atoms with Crippen molar-refractivity contribution >= 4 is 35.0 Å². The fraction of sp³-hybridized carbons (Fsp3) is 0.500. The van der Waals surface area contributed by atoms with E-state index in [-0.39, 0.29) is 11.2 Å². The molecule has 0 bridgehead atoms. The first-order valence-electron chi connectivity index (χ1n) is 6.58. The summed E-state index contributed by atoms with van der Waals surface area (Å²) >= 11 is 7.40. The van der Waals surface area contributed by atoms with Crippen LogP contribution in [0.25, 0.3) is 0 Å². The molecule has 1 atom stereocenters. The van der Waals surface area contributed by atoms with Gasteiger partial charge in [0, 0.05) is 21.6 Å². The summed E-state index contributed by atoms with van der Waals surface area (Å²) in [7, 11) is 0. The maximum absolute atomic E-state index is 12.1. The highest BCUT2D eigenvalue weighted by atomic mass is 35.5. The van der Waals surface area contributed by atoms with Crippen LogP contribution < -0.4 is 11.1 Å². The highest BCUT2D eigenvalue weighted by molar-refractivity contribution is 8.00. The molecule has 1 aromatic carbocycles. The molecule has 5 heteroatoms. The summed E-state index contributed by atoms with van der Waals surface area (Å²) in [6.07, 6.45) is 4.63. The molecule has 3 nitrogen and oxygen atoms in total. The molecule has 19 heavy (non-hydrogen) atoms. The van der Waals surface area contributed by atoms with Crippen molar-refractivity contribution in [2.24, 2.45) is 0 Å². The molecule has 2 rings (SSSR count). The zero-order valence-corrected chi connectivity index (χ0v) is 12.6. The van der Waals surface area contributed by atoms with Crippen molar-refractivity contribution in [3.05, 3.63) is 23.2 Å². The lowest BCUT2D eigenvalue weighted by Crippen LogP contribution is -2.37. The van der Waals surface area contributed by atoms with Crippen molar-refractivity contribution in [2.45, 2.75) is 48.8 Å². The smallest absolute Gasteiger partial charge is 0.233 e. The van der Waals surface area contributed by atoms with E-state index in [9.17, 15) is 4.79 Å². The number of nitrogens with two attached hydrogens (primary N) is 1. The number of carbonyl (C=O) groups is 1. The van der Waals surface area contributed by atoms with Gasteiger partial charge in [0.05, 0.1) is 5.25 Å². The van der Waals surface area contributed by atoms with Gasteiger partial charge in [-0.25, -0.2) is 0 Å². The Balaban J connectivity index is 1.93. The molecule has 0 saturated heterocycles. The zero-order valence-electron chi connectivity index (χ0n) is 11.0. The van der Waals surface area contributed by atoms with E-state index in [0.29, 0.717) is 16.8 Å². The SMILES string of the molecule is CC(Sc1cc(Cl)ccc1N)C(=O)NC1CCCC1. The minimum atomic E-state index is -0.165. The summed E-state index contributed by atoms with van der Waals surface area (Å²) < 4.78 is 0. The van der Waals surface area contributed by atoms with E-state index < -0.39 is 0 Å². The molecule has 3 N–H and O–H groups in total. The third kappa shape index (κ3) is 4.05. The molecule has 1 unspecified atom stereocenters. The molecule has 1 saturated carbocycles. The number of nitrogens with one attached hydrogen (secondary N) is 1. The summed E-state index contributed by atoms with van der Waals surface area (Å²) in [5.74, 6) is 0.0799. The first-order valence-corrected chi connectivity index (χ1v) is 7.84. The van der Waals surface area contributed by atoms with Gasteiger partial charge in [-0.2, -0.15) is 0 Å². The fourth-order valence-electron chi connectivity index (χ4n) is 2.24. The van der Waals surface area contributed by atoms with E-state index in [4.69, 9.17) is 17.3 Å². The first kappa shape index (κ1) is 14.5. The summed E-state index contributed by atoms with van der Waals surface area (Å²) in [5.41, 5.74) is 6.55. The van der Waals surface area contributed by atoms with E-state index in [0.717, 1.165) is 17.7 Å². The second-order valence-corrected chi connectivity index (χ2v) is 6.75. The molecular weight excluding hydrogens is 280 g/mol. The molecule has 0 spiro atoms. The summed E-state index contributed by atoms with van der Waals surface area (Å²) in [6.45, 7) is 1.90. The van der Waals surface area contributed by atoms with Gasteiger partial charge in [0.25, 0.3) is 0 Å². The zero-order chi connectivity index (χ0) is 13.8. The third-order valence-electron chi connectivity index (χ3n) is 3.35. The number of halogens is 1. The van der Waals surface area contributed by atoms with Crippen LogP contribution in [-0.4, -0.2) is 17.2 Å². The molecule has 0 aliphatic heterocycles. The molecule has 104 valence electrons. The van der Waals surface area contributed by atoms with Gasteiger partial charge in [-0.3, -0.25) is 4.79 Å². The van der Waals surface area contributed by atoms with Crippen molar-refractivity contribution < 1.29 is 4.79 Å². The van der Waals surface area contributed by atoms with Gasteiger partial charge in [-0.1, -0.05) is 24.4 Å². The molecule has 1 aliphatic rings. The van der Waals surface area contributed by atoms with Crippen LogP contribution in [0.2, 0.25) is 5.02 Å². The molecule has 0 aromatic heterocycles. The maximum Gasteiger partial charge on any atom is 0.233 e. The Morgan fingerprint density at radius 3 is 2.84 bits per heavy atom. The second kappa shape index (κ2) is 6.53. The van der Waals surface area contributed by atoms with Crippen LogP contribution in [0.5, 0.6) is 0 Å². The lowest BCUT2D eigenvalue weighted by molar-refractivity contribution is -0.120. The van der Waals surface area contributed by atoms with Gasteiger partial charge in [-0.15, -0.1) is 11.8 Å². The number of amides is 1. The Morgan fingerprint density at radius 1 is 1.47 bits per heavy atom. The van der Waals surface area contributed by atoms with Crippen molar-refractivity contribution in [3.8, 4) is 0 Å². The van der Waals surface area contributed by atoms with E-state index in [1.807, 2.05) is 6.92 Å². The number of hydrogen-bond donors (Lipinski definition) is 2. The number of nitrogen functional groups attached to an aromatic ring is 1. The lowest BCUT2D eigenvalue weighted by Gasteiger charge is -2.17. The van der Waals surface area contributed by atoms with Crippen molar-refractivity contribution in [2.75, 3.05) is 5.73 Å². The minimum absolute atomic E-state index is 0.0799. The Labute approximate surface area is 123 Å². The molecular formula is C14H19ClN2OS. The minimum Gasteiger partial charge on any atom is -0.398 e. The molecule has 1 aromatic rings. The topological polar surface area (TPSA) is 55.1 Å². The lowest BCUT2D eigenvalue weighted by atomic mass is 10.2. The number of rotatable bonds is 4. The summed E-state index contributed by atoms with van der Waals surface area (Å²) in [5, 5.41) is 3.57. The molecule has 0 heterocycles. The largest absolute Gasteiger partial charge is 0.398 e. The van der Waals surface area contributed by atoms with Crippen molar-refractivity contribution in [1.82, 2.24) is 5.32 Å². The normalized spacial score (nSPS) is 17.4. The number of hydrogen-bond acceptors (Lipinski definition) is 3. The van der Waals surface area contributed by atoms with E-state index >= 15 is 0 Å². The molecule has 1 aliphatic carbocycles. The average Bonchev–Trinajstić information content (AvgIpc) is 2.86. The van der Waals surface area contributed by atoms with Crippen molar-refractivity contribution in [1.29, 1.82) is 0 Å². The Kier molecular flexibility index (Phi) is 4.99. The number of anilines is 1. The van der Waals surface area contributed by atoms with E-state index in [1.165, 1.54) is 24.6 Å². The van der Waals surface area contributed by atoms with Crippen LogP contribution in [0.4, 0.5) is 5.69 Å². The van der Waals surface area contributed by atoms with Crippen LogP contribution in [0, 0.1) is 0 Å². The Morgan fingerprint density at radius 2 is 2.16 bits per heavy atom. The van der Waals surface area contributed by atoms with Crippen LogP contribution in [0.15, 0.2) is 23.1 Å². The molecule has 1 amide bonds. The van der Waals surface area contributed by atoms with Crippen LogP contribution >= 0.6 is 23.4 Å². The van der Waals surface area contributed by atoms with E-state index in [2.05, 4.69) is 5.32 Å². The third-order valence-corrected chi connectivity index (χ3v) is 4.76. The first-order chi connectivity index (χ1) is 9.06. The van der Waals surface area contributed by atoms with Crippen LogP contribution in [0.1, 0.15) is 32.6 Å². The number of thioether (sulfide) groups is 1. The van der Waals surface area contributed by atoms with Crippen LogP contribution in [-0.2, 0) is 4.79 Å². The second-order valence-electron chi connectivity index (χ2n) is 4.93. The highest BCUT2D eigenvalue weighted by Crippen LogP contribution is 2.31. The van der Waals surface area contributed by atoms with Gasteiger partial charge in [0.15, 0.2) is 0 Å². The number of benzene rings is 1. The van der Waals surface area contributed by atoms with Gasteiger partial charge >= 0.3 is 0 Å². The molecule has 1 fully saturated rings. The van der Waals surface area contributed by atoms with Gasteiger partial charge in [0.2, 0.25) is 5.91 Å². The summed E-state index contributed by atoms with van der Waals surface area (Å²) in [4.78, 5) is 13.0. The number of carbonyl (C=O) groups excluding carboxylic acids is 1. The maximum atomic E-state index is 12.1. The van der Waals surface area contributed by atoms with E-state index in [1.54, 1.807) is 18.2 Å². The fourth-order valence-corrected chi connectivity index (χ4v) is 3.43. The Hall–Kier alpha value is -0.870. The van der Waals surface area contributed by atoms with Gasteiger partial charge in [0.1, 0.15) is 0 Å². The van der Waals surface area contributed by atoms with Crippen molar-refractivity contribution in [3.63, 3.8) is 0 Å². The summed E-state index contributed by atoms with van der Waals surface area (Å²) in [6, 6.07) is 5.68. The predicted molar refractivity (Wildman–Crippen MR) is 81.6 cm³/mol. The quantitative estimate of drug-likeness (QED) is 0.661. The Bertz CT molecular complexity index is 461. The monoisotopic (exact) mass is 298 g/mol. The van der Waals surface area contributed by atoms with Gasteiger partial charge < -0.3 is 11.1 Å². The van der Waals surface area contributed by atoms with Gasteiger partial charge in [-0.05, 0) is 38.0 Å². The van der Waals surface area contributed by atoms with Crippen LogP contribution in [0.3, 0.4) is 0 Å². The highest BCUT2D eigenvalue weighted by Gasteiger charge is 2.21.